The predicted octanol–water partition coefficient (Wildman–Crippen LogP) is 1.92. The third-order valence-electron chi connectivity index (χ3n) is 3.18. The van der Waals surface area contributed by atoms with Crippen LogP contribution in [-0.4, -0.2) is 34.8 Å². The number of nitrogens with one attached hydrogen (secondary N) is 1. The normalized spacial score (nSPS) is 27.2. The highest BCUT2D eigenvalue weighted by atomic mass is 16.5. The summed E-state index contributed by atoms with van der Waals surface area (Å²) in [5.74, 6) is 0.603. The summed E-state index contributed by atoms with van der Waals surface area (Å²) in [5, 5.41) is 3.22. The van der Waals surface area contributed by atoms with Crippen molar-refractivity contribution in [2.24, 2.45) is 0 Å². The molecule has 1 fully saturated rings. The van der Waals surface area contributed by atoms with Gasteiger partial charge in [-0.3, -0.25) is 4.98 Å². The Morgan fingerprint density at radius 1 is 1.26 bits per heavy atom. The standard InChI is InChI=1S/C14H23N3O2/c1-4-15-7-12-8-17-14(9-16-12)19-13-5-10(2)18-11(3)6-13/h8-11,13,15H,4-7H2,1-3H3. The van der Waals surface area contributed by atoms with Crippen molar-refractivity contribution in [1.82, 2.24) is 15.3 Å². The molecule has 2 atom stereocenters. The Bertz CT molecular complexity index is 373. The number of hydrogen-bond donors (Lipinski definition) is 1. The molecule has 2 heterocycles. The van der Waals surface area contributed by atoms with Gasteiger partial charge < -0.3 is 14.8 Å². The van der Waals surface area contributed by atoms with E-state index in [2.05, 4.69) is 36.1 Å². The Labute approximate surface area is 114 Å². The number of ether oxygens (including phenoxy) is 2. The smallest absolute Gasteiger partial charge is 0.232 e. The number of aromatic nitrogens is 2. The van der Waals surface area contributed by atoms with Crippen molar-refractivity contribution in [3.05, 3.63) is 18.1 Å². The second-order valence-corrected chi connectivity index (χ2v) is 5.09. The van der Waals surface area contributed by atoms with E-state index in [1.54, 1.807) is 12.4 Å². The average molecular weight is 265 g/mol. The van der Waals surface area contributed by atoms with Crippen molar-refractivity contribution < 1.29 is 9.47 Å². The van der Waals surface area contributed by atoms with Crippen LogP contribution in [0.4, 0.5) is 0 Å². The second-order valence-electron chi connectivity index (χ2n) is 5.09. The monoisotopic (exact) mass is 265 g/mol. The van der Waals surface area contributed by atoms with E-state index in [9.17, 15) is 0 Å². The van der Waals surface area contributed by atoms with Crippen LogP contribution in [0.1, 0.15) is 39.3 Å². The fraction of sp³-hybridized carbons (Fsp3) is 0.714. The van der Waals surface area contributed by atoms with Crippen LogP contribution in [0.15, 0.2) is 12.4 Å². The first-order valence-corrected chi connectivity index (χ1v) is 7.01. The summed E-state index contributed by atoms with van der Waals surface area (Å²) in [5.41, 5.74) is 0.933. The fourth-order valence-electron chi connectivity index (χ4n) is 2.36. The average Bonchev–Trinajstić information content (AvgIpc) is 2.37. The van der Waals surface area contributed by atoms with Crippen LogP contribution in [0.3, 0.4) is 0 Å². The van der Waals surface area contributed by atoms with Gasteiger partial charge in [0.25, 0.3) is 0 Å². The maximum Gasteiger partial charge on any atom is 0.232 e. The van der Waals surface area contributed by atoms with Crippen LogP contribution >= 0.6 is 0 Å². The Morgan fingerprint density at radius 2 is 2.00 bits per heavy atom. The molecule has 1 aromatic heterocycles. The Kier molecular flexibility index (Phi) is 5.10. The van der Waals surface area contributed by atoms with E-state index in [0.29, 0.717) is 5.88 Å². The predicted molar refractivity (Wildman–Crippen MR) is 73.1 cm³/mol. The molecule has 1 aliphatic rings. The van der Waals surface area contributed by atoms with Gasteiger partial charge in [-0.1, -0.05) is 6.92 Å². The molecular formula is C14H23N3O2. The minimum absolute atomic E-state index is 0.174. The van der Waals surface area contributed by atoms with Gasteiger partial charge in [0, 0.05) is 19.4 Å². The molecule has 2 unspecified atom stereocenters. The molecule has 0 aliphatic carbocycles. The minimum atomic E-state index is 0.174. The molecule has 0 aromatic carbocycles. The SMILES string of the molecule is CCNCc1cnc(OC2CC(C)OC(C)C2)cn1. The van der Waals surface area contributed by atoms with E-state index >= 15 is 0 Å². The van der Waals surface area contributed by atoms with Gasteiger partial charge in [0.05, 0.1) is 30.3 Å². The van der Waals surface area contributed by atoms with Gasteiger partial charge in [-0.25, -0.2) is 4.98 Å². The molecule has 1 N–H and O–H groups in total. The van der Waals surface area contributed by atoms with Crippen LogP contribution in [0.25, 0.3) is 0 Å². The molecule has 0 spiro atoms. The van der Waals surface area contributed by atoms with E-state index in [4.69, 9.17) is 9.47 Å². The molecule has 106 valence electrons. The van der Waals surface area contributed by atoms with Gasteiger partial charge in [-0.05, 0) is 20.4 Å². The summed E-state index contributed by atoms with van der Waals surface area (Å²) < 4.78 is 11.6. The molecule has 0 bridgehead atoms. The highest BCUT2D eigenvalue weighted by Gasteiger charge is 2.26. The zero-order chi connectivity index (χ0) is 13.7. The van der Waals surface area contributed by atoms with E-state index in [1.807, 2.05) is 0 Å². The maximum atomic E-state index is 5.88. The van der Waals surface area contributed by atoms with Crippen LogP contribution in [0, 0.1) is 0 Å². The first kappa shape index (κ1) is 14.2. The molecule has 5 heteroatoms. The lowest BCUT2D eigenvalue weighted by molar-refractivity contribution is -0.0730. The van der Waals surface area contributed by atoms with E-state index < -0.39 is 0 Å². The number of hydrogen-bond acceptors (Lipinski definition) is 5. The summed E-state index contributed by atoms with van der Waals surface area (Å²) in [7, 11) is 0. The lowest BCUT2D eigenvalue weighted by atomic mass is 10.0. The van der Waals surface area contributed by atoms with Crippen LogP contribution in [0.5, 0.6) is 5.88 Å². The maximum absolute atomic E-state index is 5.88. The quantitative estimate of drug-likeness (QED) is 0.881. The summed E-state index contributed by atoms with van der Waals surface area (Å²) in [6.45, 7) is 7.90. The largest absolute Gasteiger partial charge is 0.473 e. The van der Waals surface area contributed by atoms with Gasteiger partial charge in [0.2, 0.25) is 5.88 Å². The lowest BCUT2D eigenvalue weighted by Crippen LogP contribution is -2.35. The van der Waals surface area contributed by atoms with Crippen molar-refractivity contribution in [3.8, 4) is 5.88 Å². The molecule has 0 amide bonds. The van der Waals surface area contributed by atoms with E-state index in [0.717, 1.165) is 31.6 Å². The van der Waals surface area contributed by atoms with Crippen molar-refractivity contribution in [3.63, 3.8) is 0 Å². The summed E-state index contributed by atoms with van der Waals surface area (Å²) in [4.78, 5) is 8.65. The van der Waals surface area contributed by atoms with E-state index in [-0.39, 0.29) is 18.3 Å². The van der Waals surface area contributed by atoms with Crippen molar-refractivity contribution >= 4 is 0 Å². The third-order valence-corrected chi connectivity index (χ3v) is 3.18. The van der Waals surface area contributed by atoms with Gasteiger partial charge in [-0.2, -0.15) is 0 Å². The van der Waals surface area contributed by atoms with Gasteiger partial charge in [0.15, 0.2) is 0 Å². The zero-order valence-corrected chi connectivity index (χ0v) is 11.9. The Balaban J connectivity index is 1.88. The third kappa shape index (κ3) is 4.44. The van der Waals surface area contributed by atoms with Gasteiger partial charge in [-0.15, -0.1) is 0 Å². The van der Waals surface area contributed by atoms with Crippen molar-refractivity contribution in [1.29, 1.82) is 0 Å². The molecule has 1 aromatic rings. The van der Waals surface area contributed by atoms with Crippen LogP contribution in [0.2, 0.25) is 0 Å². The molecule has 19 heavy (non-hydrogen) atoms. The second kappa shape index (κ2) is 6.82. The summed E-state index contributed by atoms with van der Waals surface area (Å²) >= 11 is 0. The Hall–Kier alpha value is -1.20. The highest BCUT2D eigenvalue weighted by Crippen LogP contribution is 2.22. The number of nitrogens with zero attached hydrogens (tertiary/aromatic N) is 2. The first-order chi connectivity index (χ1) is 9.17. The zero-order valence-electron chi connectivity index (χ0n) is 11.9. The van der Waals surface area contributed by atoms with E-state index in [1.165, 1.54) is 0 Å². The minimum Gasteiger partial charge on any atom is -0.473 e. The van der Waals surface area contributed by atoms with Gasteiger partial charge >= 0.3 is 0 Å². The topological polar surface area (TPSA) is 56.3 Å². The molecule has 1 aliphatic heterocycles. The number of rotatable bonds is 5. The van der Waals surface area contributed by atoms with Crippen molar-refractivity contribution in [2.75, 3.05) is 6.54 Å². The van der Waals surface area contributed by atoms with Crippen LogP contribution < -0.4 is 10.1 Å². The molecule has 2 rings (SSSR count). The highest BCUT2D eigenvalue weighted by molar-refractivity contribution is 5.07. The first-order valence-electron chi connectivity index (χ1n) is 7.01. The molecule has 5 nitrogen and oxygen atoms in total. The van der Waals surface area contributed by atoms with Gasteiger partial charge in [0.1, 0.15) is 6.10 Å². The summed E-state index contributed by atoms with van der Waals surface area (Å²) in [6.07, 6.45) is 5.95. The van der Waals surface area contributed by atoms with Crippen molar-refractivity contribution in [2.45, 2.75) is 58.5 Å². The fourth-order valence-corrected chi connectivity index (χ4v) is 2.36. The molecular weight excluding hydrogens is 242 g/mol. The molecule has 0 radical (unpaired) electrons. The molecule has 1 saturated heterocycles. The summed E-state index contributed by atoms with van der Waals surface area (Å²) in [6, 6.07) is 0. The Morgan fingerprint density at radius 3 is 2.58 bits per heavy atom. The lowest BCUT2D eigenvalue weighted by Gasteiger charge is -2.31. The van der Waals surface area contributed by atoms with Crippen LogP contribution in [-0.2, 0) is 11.3 Å². The molecule has 0 saturated carbocycles.